The lowest BCUT2D eigenvalue weighted by molar-refractivity contribution is 0.854. The Kier molecular flexibility index (Phi) is 4.25. The summed E-state index contributed by atoms with van der Waals surface area (Å²) in [6, 6.07) is 5.87. The van der Waals surface area contributed by atoms with Gasteiger partial charge in [-0.25, -0.2) is 15.8 Å². The Labute approximate surface area is 112 Å². The van der Waals surface area contributed by atoms with Gasteiger partial charge in [0.25, 0.3) is 0 Å². The summed E-state index contributed by atoms with van der Waals surface area (Å²) in [6.07, 6.45) is 4.31. The highest BCUT2D eigenvalue weighted by Crippen LogP contribution is 2.18. The van der Waals surface area contributed by atoms with E-state index in [-0.39, 0.29) is 6.04 Å². The molecular formula is C13H18N6. The maximum atomic E-state index is 5.41. The van der Waals surface area contributed by atoms with E-state index in [0.717, 1.165) is 23.6 Å². The molecule has 0 saturated heterocycles. The van der Waals surface area contributed by atoms with Crippen LogP contribution >= 0.6 is 0 Å². The van der Waals surface area contributed by atoms with Gasteiger partial charge in [-0.05, 0) is 24.6 Å². The van der Waals surface area contributed by atoms with Crippen molar-refractivity contribution in [2.75, 3.05) is 10.7 Å². The van der Waals surface area contributed by atoms with Crippen molar-refractivity contribution in [1.29, 1.82) is 0 Å². The van der Waals surface area contributed by atoms with Gasteiger partial charge in [-0.3, -0.25) is 4.98 Å². The van der Waals surface area contributed by atoms with Gasteiger partial charge in [-0.1, -0.05) is 6.92 Å². The molecule has 0 fully saturated rings. The first-order valence-corrected chi connectivity index (χ1v) is 6.24. The average molecular weight is 258 g/mol. The summed E-state index contributed by atoms with van der Waals surface area (Å²) >= 11 is 0. The highest BCUT2D eigenvalue weighted by atomic mass is 15.3. The van der Waals surface area contributed by atoms with Crippen molar-refractivity contribution in [3.63, 3.8) is 0 Å². The van der Waals surface area contributed by atoms with E-state index in [9.17, 15) is 0 Å². The van der Waals surface area contributed by atoms with Gasteiger partial charge in [0, 0.05) is 24.9 Å². The summed E-state index contributed by atoms with van der Waals surface area (Å²) in [4.78, 5) is 12.7. The van der Waals surface area contributed by atoms with Crippen LogP contribution in [0.15, 0.2) is 30.6 Å². The minimum Gasteiger partial charge on any atom is -0.363 e. The number of nitrogen functional groups attached to an aromatic ring is 1. The fourth-order valence-electron chi connectivity index (χ4n) is 1.76. The SMILES string of the molecule is CCc1nc(NN)cc(NC(C)c2ccncc2)n1. The second kappa shape index (κ2) is 6.10. The predicted molar refractivity (Wildman–Crippen MR) is 75.5 cm³/mol. The van der Waals surface area contributed by atoms with Crippen molar-refractivity contribution in [3.05, 3.63) is 42.0 Å². The van der Waals surface area contributed by atoms with Crippen LogP contribution in [0.3, 0.4) is 0 Å². The van der Waals surface area contributed by atoms with E-state index >= 15 is 0 Å². The monoisotopic (exact) mass is 258 g/mol. The number of anilines is 2. The first-order chi connectivity index (χ1) is 9.22. The molecule has 1 unspecified atom stereocenters. The number of nitrogens with two attached hydrogens (primary N) is 1. The van der Waals surface area contributed by atoms with Gasteiger partial charge in [0.2, 0.25) is 0 Å². The number of nitrogens with one attached hydrogen (secondary N) is 2. The molecule has 4 N–H and O–H groups in total. The number of hydrogen-bond donors (Lipinski definition) is 3. The largest absolute Gasteiger partial charge is 0.363 e. The number of hydrazine groups is 1. The zero-order chi connectivity index (χ0) is 13.7. The quantitative estimate of drug-likeness (QED) is 0.560. The van der Waals surface area contributed by atoms with Gasteiger partial charge >= 0.3 is 0 Å². The zero-order valence-electron chi connectivity index (χ0n) is 11.1. The van der Waals surface area contributed by atoms with E-state index in [1.54, 1.807) is 18.5 Å². The van der Waals surface area contributed by atoms with Gasteiger partial charge in [0.05, 0.1) is 6.04 Å². The van der Waals surface area contributed by atoms with Crippen molar-refractivity contribution >= 4 is 11.6 Å². The third kappa shape index (κ3) is 3.38. The number of aromatic nitrogens is 3. The van der Waals surface area contributed by atoms with Crippen LogP contribution in [0.2, 0.25) is 0 Å². The molecule has 6 heteroatoms. The summed E-state index contributed by atoms with van der Waals surface area (Å²) in [6.45, 7) is 4.07. The lowest BCUT2D eigenvalue weighted by Crippen LogP contribution is -2.13. The van der Waals surface area contributed by atoms with Crippen LogP contribution in [0.5, 0.6) is 0 Å². The molecule has 0 aliphatic carbocycles. The third-order valence-electron chi connectivity index (χ3n) is 2.81. The fourth-order valence-corrected chi connectivity index (χ4v) is 1.76. The Morgan fingerprint density at radius 2 is 1.89 bits per heavy atom. The van der Waals surface area contributed by atoms with Crippen LogP contribution in [0.1, 0.15) is 31.3 Å². The van der Waals surface area contributed by atoms with E-state index < -0.39 is 0 Å². The molecule has 0 radical (unpaired) electrons. The Hall–Kier alpha value is -2.21. The number of pyridine rings is 1. The molecule has 0 amide bonds. The maximum absolute atomic E-state index is 5.41. The highest BCUT2D eigenvalue weighted by molar-refractivity contribution is 5.48. The standard InChI is InChI=1S/C13H18N6/c1-3-11-17-12(8-13(18-11)19-14)16-9(2)10-4-6-15-7-5-10/h4-9H,3,14H2,1-2H3,(H2,16,17,18,19). The lowest BCUT2D eigenvalue weighted by atomic mass is 10.1. The molecule has 2 rings (SSSR count). The molecule has 0 aromatic carbocycles. The molecule has 0 aliphatic heterocycles. The molecule has 2 aromatic heterocycles. The number of nitrogens with zero attached hydrogens (tertiary/aromatic N) is 3. The number of rotatable bonds is 5. The Morgan fingerprint density at radius 3 is 2.53 bits per heavy atom. The zero-order valence-corrected chi connectivity index (χ0v) is 11.1. The lowest BCUT2D eigenvalue weighted by Gasteiger charge is -2.15. The normalized spacial score (nSPS) is 11.9. The fraction of sp³-hybridized carbons (Fsp3) is 0.308. The molecule has 0 bridgehead atoms. The van der Waals surface area contributed by atoms with E-state index in [1.807, 2.05) is 19.1 Å². The first kappa shape index (κ1) is 13.2. The molecular weight excluding hydrogens is 240 g/mol. The van der Waals surface area contributed by atoms with Gasteiger partial charge < -0.3 is 10.7 Å². The van der Waals surface area contributed by atoms with Gasteiger partial charge in [0.15, 0.2) is 0 Å². The average Bonchev–Trinajstić information content (AvgIpc) is 2.47. The molecule has 2 heterocycles. The van der Waals surface area contributed by atoms with Crippen LogP contribution in [0, 0.1) is 0 Å². The summed E-state index contributed by atoms with van der Waals surface area (Å²) < 4.78 is 0. The molecule has 100 valence electrons. The van der Waals surface area contributed by atoms with E-state index in [1.165, 1.54) is 0 Å². The van der Waals surface area contributed by atoms with Crippen molar-refractivity contribution in [2.24, 2.45) is 5.84 Å². The van der Waals surface area contributed by atoms with E-state index in [4.69, 9.17) is 5.84 Å². The van der Waals surface area contributed by atoms with Crippen LogP contribution in [-0.4, -0.2) is 15.0 Å². The topological polar surface area (TPSA) is 88.8 Å². The van der Waals surface area contributed by atoms with Crippen LogP contribution in [-0.2, 0) is 6.42 Å². The smallest absolute Gasteiger partial charge is 0.145 e. The first-order valence-electron chi connectivity index (χ1n) is 6.24. The van der Waals surface area contributed by atoms with Crippen molar-refractivity contribution in [2.45, 2.75) is 26.3 Å². The van der Waals surface area contributed by atoms with Crippen molar-refractivity contribution in [1.82, 2.24) is 15.0 Å². The molecule has 6 nitrogen and oxygen atoms in total. The van der Waals surface area contributed by atoms with Crippen molar-refractivity contribution in [3.8, 4) is 0 Å². The minimum absolute atomic E-state index is 0.133. The highest BCUT2D eigenvalue weighted by Gasteiger charge is 2.08. The maximum Gasteiger partial charge on any atom is 0.145 e. The Bertz CT molecular complexity index is 506. The van der Waals surface area contributed by atoms with Crippen LogP contribution in [0.4, 0.5) is 11.6 Å². The molecule has 1 atom stereocenters. The summed E-state index contributed by atoms with van der Waals surface area (Å²) in [5, 5.41) is 3.33. The summed E-state index contributed by atoms with van der Waals surface area (Å²) in [7, 11) is 0. The molecule has 2 aromatic rings. The summed E-state index contributed by atoms with van der Waals surface area (Å²) in [5.74, 6) is 7.52. The predicted octanol–water partition coefficient (Wildman–Crippen LogP) is 1.89. The molecule has 0 spiro atoms. The van der Waals surface area contributed by atoms with Crippen LogP contribution < -0.4 is 16.6 Å². The van der Waals surface area contributed by atoms with Gasteiger partial charge in [0.1, 0.15) is 17.5 Å². The van der Waals surface area contributed by atoms with E-state index in [0.29, 0.717) is 5.82 Å². The third-order valence-corrected chi connectivity index (χ3v) is 2.81. The van der Waals surface area contributed by atoms with Gasteiger partial charge in [-0.2, -0.15) is 0 Å². The van der Waals surface area contributed by atoms with Crippen LogP contribution in [0.25, 0.3) is 0 Å². The van der Waals surface area contributed by atoms with Crippen molar-refractivity contribution < 1.29 is 0 Å². The second-order valence-electron chi connectivity index (χ2n) is 4.20. The molecule has 19 heavy (non-hydrogen) atoms. The minimum atomic E-state index is 0.133. The Morgan fingerprint density at radius 1 is 1.21 bits per heavy atom. The number of hydrogen-bond acceptors (Lipinski definition) is 6. The number of aryl methyl sites for hydroxylation is 1. The second-order valence-corrected chi connectivity index (χ2v) is 4.20. The summed E-state index contributed by atoms with van der Waals surface area (Å²) in [5.41, 5.74) is 3.70. The van der Waals surface area contributed by atoms with Gasteiger partial charge in [-0.15, -0.1) is 0 Å². The molecule has 0 saturated carbocycles. The van der Waals surface area contributed by atoms with E-state index in [2.05, 4.69) is 32.6 Å². The molecule has 0 aliphatic rings. The Balaban J connectivity index is 2.18.